The van der Waals surface area contributed by atoms with Crippen molar-refractivity contribution in [3.63, 3.8) is 0 Å². The predicted molar refractivity (Wildman–Crippen MR) is 67.4 cm³/mol. The van der Waals surface area contributed by atoms with Crippen molar-refractivity contribution >= 4 is 21.4 Å². The minimum atomic E-state index is -3.37. The number of rotatable bonds is 6. The summed E-state index contributed by atoms with van der Waals surface area (Å²) < 4.78 is 26.6. The molecule has 96 valence electrons. The Balaban J connectivity index is 1.88. The molecule has 0 aliphatic heterocycles. The van der Waals surface area contributed by atoms with E-state index in [2.05, 4.69) is 4.72 Å². The molecule has 0 radical (unpaired) electrons. The quantitative estimate of drug-likeness (QED) is 0.830. The van der Waals surface area contributed by atoms with Crippen molar-refractivity contribution in [1.82, 2.24) is 4.72 Å². The highest BCUT2D eigenvalue weighted by molar-refractivity contribution is 7.91. The number of sulfonamides is 1. The van der Waals surface area contributed by atoms with Crippen LogP contribution in [0.15, 0.2) is 16.3 Å². The van der Waals surface area contributed by atoms with Gasteiger partial charge in [-0.25, -0.2) is 13.1 Å². The van der Waals surface area contributed by atoms with Crippen LogP contribution in [0, 0.1) is 5.92 Å². The highest BCUT2D eigenvalue weighted by Crippen LogP contribution is 2.29. The molecule has 1 aromatic heterocycles. The third kappa shape index (κ3) is 3.28. The Labute approximate surface area is 106 Å². The Bertz CT molecular complexity index is 463. The zero-order valence-corrected chi connectivity index (χ0v) is 11.2. The SMILES string of the molecule is O=S(=O)(NCCC1CCC1)c1ccc(CO)s1. The number of nitrogens with one attached hydrogen (secondary N) is 1. The lowest BCUT2D eigenvalue weighted by atomic mass is 9.83. The minimum absolute atomic E-state index is 0.109. The summed E-state index contributed by atoms with van der Waals surface area (Å²) >= 11 is 1.12. The van der Waals surface area contributed by atoms with E-state index in [9.17, 15) is 8.42 Å². The highest BCUT2D eigenvalue weighted by atomic mass is 32.2. The van der Waals surface area contributed by atoms with Gasteiger partial charge in [0.1, 0.15) is 4.21 Å². The summed E-state index contributed by atoms with van der Waals surface area (Å²) in [6.45, 7) is 0.404. The largest absolute Gasteiger partial charge is 0.391 e. The molecule has 0 spiro atoms. The Hall–Kier alpha value is -0.430. The third-order valence-corrected chi connectivity index (χ3v) is 6.15. The van der Waals surface area contributed by atoms with Crippen molar-refractivity contribution in [3.05, 3.63) is 17.0 Å². The number of aliphatic hydroxyl groups is 1. The Kier molecular flexibility index (Phi) is 4.19. The molecule has 1 aliphatic carbocycles. The van der Waals surface area contributed by atoms with Crippen LogP contribution in [0.5, 0.6) is 0 Å². The van der Waals surface area contributed by atoms with Gasteiger partial charge in [-0.2, -0.15) is 0 Å². The van der Waals surface area contributed by atoms with E-state index >= 15 is 0 Å². The lowest BCUT2D eigenvalue weighted by Gasteiger charge is -2.24. The fourth-order valence-corrected chi connectivity index (χ4v) is 4.15. The monoisotopic (exact) mass is 275 g/mol. The smallest absolute Gasteiger partial charge is 0.250 e. The van der Waals surface area contributed by atoms with Crippen molar-refractivity contribution in [2.45, 2.75) is 36.5 Å². The zero-order chi connectivity index (χ0) is 12.3. The maximum Gasteiger partial charge on any atom is 0.250 e. The van der Waals surface area contributed by atoms with Crippen LogP contribution >= 0.6 is 11.3 Å². The van der Waals surface area contributed by atoms with Gasteiger partial charge in [-0.05, 0) is 24.5 Å². The Morgan fingerprint density at radius 1 is 1.41 bits per heavy atom. The molecule has 1 saturated carbocycles. The van der Waals surface area contributed by atoms with Gasteiger partial charge in [-0.3, -0.25) is 0 Å². The third-order valence-electron chi connectivity index (χ3n) is 3.13. The minimum Gasteiger partial charge on any atom is -0.391 e. The second-order valence-electron chi connectivity index (χ2n) is 4.36. The fraction of sp³-hybridized carbons (Fsp3) is 0.636. The van der Waals surface area contributed by atoms with Gasteiger partial charge in [0.2, 0.25) is 10.0 Å². The first-order valence-electron chi connectivity index (χ1n) is 5.81. The molecule has 0 aromatic carbocycles. The van der Waals surface area contributed by atoms with Gasteiger partial charge >= 0.3 is 0 Å². The predicted octanol–water partition coefficient (Wildman–Crippen LogP) is 1.71. The average Bonchev–Trinajstić information content (AvgIpc) is 2.71. The van der Waals surface area contributed by atoms with Crippen molar-refractivity contribution in [2.24, 2.45) is 5.92 Å². The van der Waals surface area contributed by atoms with Crippen molar-refractivity contribution in [2.75, 3.05) is 6.54 Å². The number of aliphatic hydroxyl groups excluding tert-OH is 1. The van der Waals surface area contributed by atoms with E-state index in [4.69, 9.17) is 5.11 Å². The van der Waals surface area contributed by atoms with Crippen LogP contribution in [0.4, 0.5) is 0 Å². The van der Waals surface area contributed by atoms with E-state index < -0.39 is 10.0 Å². The first kappa shape index (κ1) is 13.0. The molecule has 0 unspecified atom stereocenters. The summed E-state index contributed by atoms with van der Waals surface area (Å²) in [5.41, 5.74) is 0. The molecule has 2 rings (SSSR count). The first-order chi connectivity index (χ1) is 8.12. The van der Waals surface area contributed by atoms with E-state index in [0.717, 1.165) is 17.8 Å². The normalized spacial score (nSPS) is 17.0. The van der Waals surface area contributed by atoms with Crippen molar-refractivity contribution in [3.8, 4) is 0 Å². The summed E-state index contributed by atoms with van der Waals surface area (Å²) in [6, 6.07) is 3.19. The zero-order valence-electron chi connectivity index (χ0n) is 9.55. The summed E-state index contributed by atoms with van der Waals surface area (Å²) in [5, 5.41) is 8.90. The molecule has 0 bridgehead atoms. The molecular formula is C11H17NO3S2. The molecule has 1 fully saturated rings. The lowest BCUT2D eigenvalue weighted by Crippen LogP contribution is -2.27. The van der Waals surface area contributed by atoms with Crippen molar-refractivity contribution < 1.29 is 13.5 Å². The van der Waals surface area contributed by atoms with Crippen LogP contribution in [0.2, 0.25) is 0 Å². The van der Waals surface area contributed by atoms with E-state index in [-0.39, 0.29) is 10.8 Å². The Morgan fingerprint density at radius 3 is 2.71 bits per heavy atom. The van der Waals surface area contributed by atoms with E-state index in [0.29, 0.717) is 17.3 Å². The van der Waals surface area contributed by atoms with Gasteiger partial charge in [0, 0.05) is 11.4 Å². The van der Waals surface area contributed by atoms with Crippen LogP contribution in [0.1, 0.15) is 30.6 Å². The summed E-state index contributed by atoms with van der Waals surface area (Å²) in [7, 11) is -3.37. The highest BCUT2D eigenvalue weighted by Gasteiger charge is 2.20. The second kappa shape index (κ2) is 5.48. The molecule has 4 nitrogen and oxygen atoms in total. The lowest BCUT2D eigenvalue weighted by molar-refractivity contribution is 0.285. The van der Waals surface area contributed by atoms with Crippen LogP contribution < -0.4 is 4.72 Å². The molecule has 1 heterocycles. The summed E-state index contributed by atoms with van der Waals surface area (Å²) in [4.78, 5) is 0.671. The first-order valence-corrected chi connectivity index (χ1v) is 8.11. The summed E-state index contributed by atoms with van der Waals surface area (Å²) in [5.74, 6) is 0.703. The fourth-order valence-electron chi connectivity index (χ4n) is 1.84. The van der Waals surface area contributed by atoms with Gasteiger partial charge in [0.15, 0.2) is 0 Å². The molecule has 2 N–H and O–H groups in total. The van der Waals surface area contributed by atoms with Crippen LogP contribution in [-0.2, 0) is 16.6 Å². The van der Waals surface area contributed by atoms with Gasteiger partial charge in [-0.1, -0.05) is 19.3 Å². The second-order valence-corrected chi connectivity index (χ2v) is 7.52. The standard InChI is InChI=1S/C11H17NO3S2/c13-8-10-4-5-11(16-10)17(14,15)12-7-6-9-2-1-3-9/h4-5,9,12-13H,1-3,6-8H2. The van der Waals surface area contributed by atoms with Gasteiger partial charge in [-0.15, -0.1) is 11.3 Å². The van der Waals surface area contributed by atoms with Gasteiger partial charge in [0.05, 0.1) is 6.61 Å². The van der Waals surface area contributed by atoms with Gasteiger partial charge < -0.3 is 5.11 Å². The van der Waals surface area contributed by atoms with E-state index in [1.807, 2.05) is 0 Å². The molecule has 6 heteroatoms. The number of hydrogen-bond donors (Lipinski definition) is 2. The summed E-state index contributed by atoms with van der Waals surface area (Å²) in [6.07, 6.45) is 4.67. The average molecular weight is 275 g/mol. The molecule has 0 saturated heterocycles. The molecule has 0 amide bonds. The Morgan fingerprint density at radius 2 is 2.18 bits per heavy atom. The molecule has 17 heavy (non-hydrogen) atoms. The molecular weight excluding hydrogens is 258 g/mol. The van der Waals surface area contributed by atoms with Gasteiger partial charge in [0.25, 0.3) is 0 Å². The van der Waals surface area contributed by atoms with Crippen LogP contribution in [0.3, 0.4) is 0 Å². The van der Waals surface area contributed by atoms with Crippen molar-refractivity contribution in [1.29, 1.82) is 0 Å². The molecule has 0 atom stereocenters. The number of hydrogen-bond acceptors (Lipinski definition) is 4. The van der Waals surface area contributed by atoms with Crippen LogP contribution in [0.25, 0.3) is 0 Å². The van der Waals surface area contributed by atoms with E-state index in [1.165, 1.54) is 19.3 Å². The number of thiophene rings is 1. The molecule has 1 aromatic rings. The van der Waals surface area contributed by atoms with Crippen LogP contribution in [-0.4, -0.2) is 20.1 Å². The molecule has 1 aliphatic rings. The maximum atomic E-state index is 11.9. The van der Waals surface area contributed by atoms with E-state index in [1.54, 1.807) is 12.1 Å². The topological polar surface area (TPSA) is 66.4 Å². The maximum absolute atomic E-state index is 11.9.